The normalized spacial score (nSPS) is 12.7. The number of halogens is 1. The molecule has 0 saturated carbocycles. The zero-order valence-electron chi connectivity index (χ0n) is 23.4. The van der Waals surface area contributed by atoms with Gasteiger partial charge >= 0.3 is 5.97 Å². The smallest absolute Gasteiger partial charge is 0.303 e. The molecule has 1 atom stereocenters. The van der Waals surface area contributed by atoms with Gasteiger partial charge in [-0.15, -0.1) is 0 Å². The molecule has 0 radical (unpaired) electrons. The number of benzene rings is 3. The summed E-state index contributed by atoms with van der Waals surface area (Å²) < 4.78 is 27.1. The van der Waals surface area contributed by atoms with E-state index in [-0.39, 0.29) is 12.3 Å². The maximum Gasteiger partial charge on any atom is 0.303 e. The lowest BCUT2D eigenvalue weighted by Crippen LogP contribution is -2.01. The summed E-state index contributed by atoms with van der Waals surface area (Å²) in [4.78, 5) is 10.8. The maximum atomic E-state index is 14.7. The first-order chi connectivity index (χ1) is 18.8. The molecule has 0 heterocycles. The van der Waals surface area contributed by atoms with Crippen molar-refractivity contribution in [2.75, 3.05) is 0 Å². The quantitative estimate of drug-likeness (QED) is 0.166. The molecule has 0 saturated heterocycles. The summed E-state index contributed by atoms with van der Waals surface area (Å²) in [5.41, 5.74) is 4.53. The van der Waals surface area contributed by atoms with Crippen LogP contribution in [0.2, 0.25) is 0 Å². The van der Waals surface area contributed by atoms with E-state index in [0.29, 0.717) is 42.3 Å². The first-order valence-electron chi connectivity index (χ1n) is 13.7. The number of carboxylic acids is 1. The highest BCUT2D eigenvalue weighted by Gasteiger charge is 2.16. The van der Waals surface area contributed by atoms with Crippen molar-refractivity contribution >= 4 is 5.97 Å². The summed E-state index contributed by atoms with van der Waals surface area (Å²) in [6.07, 6.45) is 7.68. The van der Waals surface area contributed by atoms with E-state index in [1.165, 1.54) is 23.3 Å². The van der Waals surface area contributed by atoms with Crippen LogP contribution in [0.1, 0.15) is 82.4 Å². The van der Waals surface area contributed by atoms with Gasteiger partial charge in [0.2, 0.25) is 0 Å². The minimum Gasteiger partial charge on any atom is -0.481 e. The Kier molecular flexibility index (Phi) is 11.4. The summed E-state index contributed by atoms with van der Waals surface area (Å²) in [5.74, 6) is 0.992. The van der Waals surface area contributed by atoms with Gasteiger partial charge < -0.3 is 14.6 Å². The Morgan fingerprint density at radius 3 is 2.41 bits per heavy atom. The van der Waals surface area contributed by atoms with Crippen LogP contribution in [0.25, 0.3) is 0 Å². The first kappa shape index (κ1) is 29.7. The SMILES string of the molecule is CC/C=C(\C/C=C(/C)CCCC(=O)O)Oc1cc(F)cc(Oc2ccc(CC)cc2C(C)c2ccccc2)c1. The third kappa shape index (κ3) is 9.43. The van der Waals surface area contributed by atoms with Crippen LogP contribution < -0.4 is 9.47 Å². The maximum absolute atomic E-state index is 14.7. The predicted octanol–water partition coefficient (Wildman–Crippen LogP) is 9.60. The van der Waals surface area contributed by atoms with E-state index in [1.807, 2.05) is 56.3 Å². The van der Waals surface area contributed by atoms with Gasteiger partial charge in [0.05, 0.1) is 0 Å². The van der Waals surface area contributed by atoms with E-state index in [0.717, 1.165) is 24.0 Å². The van der Waals surface area contributed by atoms with Crippen molar-refractivity contribution in [3.63, 3.8) is 0 Å². The molecule has 0 spiro atoms. The molecular weight excluding hydrogens is 491 g/mol. The average molecular weight is 531 g/mol. The van der Waals surface area contributed by atoms with Gasteiger partial charge in [-0.05, 0) is 55.9 Å². The predicted molar refractivity (Wildman–Crippen MR) is 155 cm³/mol. The van der Waals surface area contributed by atoms with Gasteiger partial charge in [0.1, 0.15) is 28.8 Å². The van der Waals surface area contributed by atoms with Gasteiger partial charge in [-0.2, -0.15) is 0 Å². The minimum atomic E-state index is -0.787. The monoisotopic (exact) mass is 530 g/mol. The van der Waals surface area contributed by atoms with Crippen molar-refractivity contribution < 1.29 is 23.8 Å². The lowest BCUT2D eigenvalue weighted by atomic mass is 9.91. The van der Waals surface area contributed by atoms with Crippen LogP contribution >= 0.6 is 0 Å². The molecule has 0 amide bonds. The van der Waals surface area contributed by atoms with E-state index in [9.17, 15) is 9.18 Å². The number of hydrogen-bond acceptors (Lipinski definition) is 3. The van der Waals surface area contributed by atoms with Crippen LogP contribution in [0.5, 0.6) is 17.2 Å². The fourth-order valence-electron chi connectivity index (χ4n) is 4.39. The summed E-state index contributed by atoms with van der Waals surface area (Å²) in [6.45, 7) is 8.27. The molecule has 3 aromatic carbocycles. The van der Waals surface area contributed by atoms with Crippen molar-refractivity contribution in [3.05, 3.63) is 113 Å². The topological polar surface area (TPSA) is 55.8 Å². The van der Waals surface area contributed by atoms with Crippen LogP contribution in [0.15, 0.2) is 90.2 Å². The van der Waals surface area contributed by atoms with E-state index in [1.54, 1.807) is 6.07 Å². The average Bonchev–Trinajstić information content (AvgIpc) is 2.91. The summed E-state index contributed by atoms with van der Waals surface area (Å²) in [7, 11) is 0. The lowest BCUT2D eigenvalue weighted by Gasteiger charge is -2.19. The van der Waals surface area contributed by atoms with Gasteiger partial charge in [-0.1, -0.05) is 74.9 Å². The largest absolute Gasteiger partial charge is 0.481 e. The summed E-state index contributed by atoms with van der Waals surface area (Å²) in [6, 6.07) is 20.9. The third-order valence-corrected chi connectivity index (χ3v) is 6.62. The Morgan fingerprint density at radius 2 is 1.72 bits per heavy atom. The van der Waals surface area contributed by atoms with Crippen molar-refractivity contribution in [1.29, 1.82) is 0 Å². The number of ether oxygens (including phenoxy) is 2. The van der Waals surface area contributed by atoms with E-state index in [4.69, 9.17) is 14.6 Å². The number of rotatable bonds is 14. The highest BCUT2D eigenvalue weighted by atomic mass is 19.1. The Balaban J connectivity index is 1.81. The van der Waals surface area contributed by atoms with Gasteiger partial charge in [0, 0.05) is 42.5 Å². The summed E-state index contributed by atoms with van der Waals surface area (Å²) in [5, 5.41) is 8.84. The van der Waals surface area contributed by atoms with Gasteiger partial charge in [-0.25, -0.2) is 4.39 Å². The number of allylic oxidation sites excluding steroid dienone is 3. The number of hydrogen-bond donors (Lipinski definition) is 1. The van der Waals surface area contributed by atoms with Crippen molar-refractivity contribution in [3.8, 4) is 17.2 Å². The molecule has 0 aromatic heterocycles. The second kappa shape index (κ2) is 14.9. The number of carboxylic acid groups (broad SMARTS) is 1. The highest BCUT2D eigenvalue weighted by Crippen LogP contribution is 2.36. The van der Waals surface area contributed by atoms with Gasteiger partial charge in [0.15, 0.2) is 0 Å². The zero-order valence-corrected chi connectivity index (χ0v) is 23.4. The molecule has 3 aromatic rings. The van der Waals surface area contributed by atoms with Crippen LogP contribution in [0.4, 0.5) is 4.39 Å². The Bertz CT molecular complexity index is 1290. The second-order valence-electron chi connectivity index (χ2n) is 9.77. The molecule has 39 heavy (non-hydrogen) atoms. The lowest BCUT2D eigenvalue weighted by molar-refractivity contribution is -0.137. The number of aryl methyl sites for hydroxylation is 1. The molecule has 1 N–H and O–H groups in total. The molecule has 0 aliphatic carbocycles. The first-order valence-corrected chi connectivity index (χ1v) is 13.7. The third-order valence-electron chi connectivity index (χ3n) is 6.62. The van der Waals surface area contributed by atoms with E-state index < -0.39 is 11.8 Å². The van der Waals surface area contributed by atoms with Gasteiger partial charge in [0.25, 0.3) is 0 Å². The Morgan fingerprint density at radius 1 is 0.974 bits per heavy atom. The summed E-state index contributed by atoms with van der Waals surface area (Å²) >= 11 is 0. The second-order valence-corrected chi connectivity index (χ2v) is 9.77. The molecule has 3 rings (SSSR count). The molecule has 206 valence electrons. The Hall–Kier alpha value is -3.86. The van der Waals surface area contributed by atoms with E-state index in [2.05, 4.69) is 32.0 Å². The zero-order chi connectivity index (χ0) is 28.2. The van der Waals surface area contributed by atoms with Crippen LogP contribution in [0, 0.1) is 5.82 Å². The fraction of sp³-hybridized carbons (Fsp3) is 0.324. The van der Waals surface area contributed by atoms with Crippen LogP contribution in [-0.2, 0) is 11.2 Å². The van der Waals surface area contributed by atoms with Crippen molar-refractivity contribution in [1.82, 2.24) is 0 Å². The van der Waals surface area contributed by atoms with Gasteiger partial charge in [-0.3, -0.25) is 4.79 Å². The van der Waals surface area contributed by atoms with Crippen LogP contribution in [-0.4, -0.2) is 11.1 Å². The molecule has 0 bridgehead atoms. The molecule has 5 heteroatoms. The fourth-order valence-corrected chi connectivity index (χ4v) is 4.39. The van der Waals surface area contributed by atoms with E-state index >= 15 is 0 Å². The Labute approximate surface area is 231 Å². The molecule has 4 nitrogen and oxygen atoms in total. The number of carbonyl (C=O) groups is 1. The van der Waals surface area contributed by atoms with Crippen LogP contribution in [0.3, 0.4) is 0 Å². The minimum absolute atomic E-state index is 0.0987. The molecular formula is C34H39FO4. The number of aliphatic carboxylic acids is 1. The molecule has 0 aliphatic heterocycles. The standard InChI is InChI=1S/C34H39FO4/c1-5-11-29(18-16-24(3)12-10-15-34(36)37)38-30-21-28(35)22-31(23-30)39-33-19-17-26(6-2)20-32(33)25(4)27-13-8-7-9-14-27/h7-9,11,13-14,16-17,19-23,25H,5-6,10,12,15,18H2,1-4H3,(H,36,37)/b24-16-,29-11+. The molecule has 1 unspecified atom stereocenters. The van der Waals surface area contributed by atoms with Crippen molar-refractivity contribution in [2.45, 2.75) is 72.1 Å². The molecule has 0 aliphatic rings. The molecule has 0 fully saturated rings. The highest BCUT2D eigenvalue weighted by molar-refractivity contribution is 5.66. The van der Waals surface area contributed by atoms with Crippen molar-refractivity contribution in [2.24, 2.45) is 0 Å².